The van der Waals surface area contributed by atoms with Crippen molar-refractivity contribution in [1.82, 2.24) is 29.2 Å². The fraction of sp³-hybridized carbons (Fsp3) is 0.355. The highest BCUT2D eigenvalue weighted by Crippen LogP contribution is 2.52. The second-order valence-corrected chi connectivity index (χ2v) is 11.7. The quantitative estimate of drug-likeness (QED) is 0.346. The summed E-state index contributed by atoms with van der Waals surface area (Å²) >= 11 is 0. The maximum Gasteiger partial charge on any atom is 0.409 e. The van der Waals surface area contributed by atoms with Crippen LogP contribution >= 0.6 is 0 Å². The second kappa shape index (κ2) is 9.93. The summed E-state index contributed by atoms with van der Waals surface area (Å²) in [4.78, 5) is 56.2. The van der Waals surface area contributed by atoms with E-state index in [-0.39, 0.29) is 29.6 Å². The van der Waals surface area contributed by atoms with Crippen molar-refractivity contribution in [2.75, 3.05) is 37.0 Å². The molecule has 3 aromatic heterocycles. The zero-order valence-corrected chi connectivity index (χ0v) is 24.2. The van der Waals surface area contributed by atoms with Crippen LogP contribution in [0.4, 0.5) is 22.2 Å². The molecule has 13 nitrogen and oxygen atoms in total. The Hall–Kier alpha value is -5.20. The Kier molecular flexibility index (Phi) is 5.96. The molecule has 0 saturated heterocycles. The van der Waals surface area contributed by atoms with Gasteiger partial charge in [0, 0.05) is 36.9 Å². The second-order valence-electron chi connectivity index (χ2n) is 11.7. The van der Waals surface area contributed by atoms with Crippen LogP contribution < -0.4 is 20.5 Å². The van der Waals surface area contributed by atoms with Gasteiger partial charge in [0.2, 0.25) is 5.95 Å². The smallest absolute Gasteiger partial charge is 0.409 e. The van der Waals surface area contributed by atoms with Crippen molar-refractivity contribution in [3.05, 3.63) is 70.2 Å². The molecule has 0 unspecified atom stereocenters. The number of rotatable bonds is 2. The molecule has 4 aliphatic rings. The molecule has 6 heterocycles. The van der Waals surface area contributed by atoms with Gasteiger partial charge < -0.3 is 19.7 Å². The summed E-state index contributed by atoms with van der Waals surface area (Å²) in [6.07, 6.45) is 8.75. The molecule has 2 bridgehead atoms. The summed E-state index contributed by atoms with van der Waals surface area (Å²) in [6, 6.07) is 9.68. The van der Waals surface area contributed by atoms with Crippen molar-refractivity contribution in [2.24, 2.45) is 0 Å². The van der Waals surface area contributed by atoms with E-state index in [9.17, 15) is 14.4 Å². The van der Waals surface area contributed by atoms with Crippen molar-refractivity contribution in [3.63, 3.8) is 0 Å². The van der Waals surface area contributed by atoms with Crippen LogP contribution in [0.1, 0.15) is 36.8 Å². The molecule has 1 aliphatic carbocycles. The maximum absolute atomic E-state index is 13.6. The zero-order chi connectivity index (χ0) is 30.0. The molecule has 3 aliphatic heterocycles. The first-order valence-corrected chi connectivity index (χ1v) is 14.8. The molecule has 2 amide bonds. The molecule has 1 spiro atoms. The highest BCUT2D eigenvalue weighted by molar-refractivity contribution is 5.96. The Bertz CT molecular complexity index is 1940. The Labute approximate surface area is 251 Å². The average Bonchev–Trinajstić information content (AvgIpc) is 3.74. The SMILES string of the molecule is COC(=O)N1Cc2cc(Nc3ncc4c(=O)n5n(c4n3)-c3ccc4c(n3)N(CCCC=CC5)C(=O)CO4)ccc2C2(CC2)C1. The maximum atomic E-state index is 13.6. The Morgan fingerprint density at radius 3 is 2.84 bits per heavy atom. The van der Waals surface area contributed by atoms with Gasteiger partial charge in [0.15, 0.2) is 29.6 Å². The summed E-state index contributed by atoms with van der Waals surface area (Å²) in [5.41, 5.74) is 3.22. The fourth-order valence-electron chi connectivity index (χ4n) is 6.56. The minimum Gasteiger partial charge on any atom is -0.480 e. The van der Waals surface area contributed by atoms with Gasteiger partial charge in [0.1, 0.15) is 5.39 Å². The van der Waals surface area contributed by atoms with Crippen LogP contribution in [0.5, 0.6) is 5.75 Å². The first-order valence-electron chi connectivity index (χ1n) is 14.8. The van der Waals surface area contributed by atoms with Crippen LogP contribution in [0.15, 0.2) is 53.5 Å². The van der Waals surface area contributed by atoms with Gasteiger partial charge in [-0.25, -0.2) is 24.1 Å². The number of methoxy groups -OCH3 is 1. The standard InChI is InChI=1S/C31H30N8O5/c1-43-30(42)36-16-19-14-20(6-7-22(19)31(18-36)10-11-31)33-29-32-15-21-26(35-29)39-24-9-8-23-27(34-24)37(25(40)17-44-23)12-4-2-3-5-13-38(39)28(21)41/h3,5-9,14-15H,2,4,10-13,16-18H2,1H3,(H,32,33,35). The lowest BCUT2D eigenvalue weighted by Gasteiger charge is -2.34. The summed E-state index contributed by atoms with van der Waals surface area (Å²) in [5, 5.41) is 3.64. The molecule has 8 rings (SSSR count). The van der Waals surface area contributed by atoms with Crippen LogP contribution in [0.3, 0.4) is 0 Å². The van der Waals surface area contributed by atoms with E-state index in [1.165, 1.54) is 18.9 Å². The van der Waals surface area contributed by atoms with E-state index in [1.54, 1.807) is 31.3 Å². The minimum atomic E-state index is -0.327. The molecule has 1 fully saturated rings. The van der Waals surface area contributed by atoms with Gasteiger partial charge in [-0.15, -0.1) is 0 Å². The lowest BCUT2D eigenvalue weighted by atomic mass is 9.87. The predicted octanol–water partition coefficient (Wildman–Crippen LogP) is 3.41. The highest BCUT2D eigenvalue weighted by Gasteiger charge is 2.50. The number of fused-ring (bicyclic) bond motifs is 7. The number of pyridine rings is 1. The average molecular weight is 595 g/mol. The van der Waals surface area contributed by atoms with Crippen molar-refractivity contribution in [2.45, 2.75) is 44.2 Å². The molecule has 13 heteroatoms. The van der Waals surface area contributed by atoms with Crippen LogP contribution in [0.25, 0.3) is 16.9 Å². The lowest BCUT2D eigenvalue weighted by Crippen LogP contribution is -2.41. The van der Waals surface area contributed by atoms with Gasteiger partial charge in [-0.1, -0.05) is 18.2 Å². The number of amides is 2. The molecule has 0 atom stereocenters. The molecule has 224 valence electrons. The summed E-state index contributed by atoms with van der Waals surface area (Å²) < 4.78 is 13.9. The molecule has 1 aromatic carbocycles. The normalized spacial score (nSPS) is 18.2. The molecule has 1 N–H and O–H groups in total. The Balaban J connectivity index is 1.20. The van der Waals surface area contributed by atoms with E-state index in [0.29, 0.717) is 60.5 Å². The minimum absolute atomic E-state index is 0.00325. The van der Waals surface area contributed by atoms with Crippen LogP contribution in [-0.4, -0.2) is 68.0 Å². The van der Waals surface area contributed by atoms with E-state index >= 15 is 0 Å². The third-order valence-electron chi connectivity index (χ3n) is 8.90. The highest BCUT2D eigenvalue weighted by atomic mass is 16.5. The van der Waals surface area contributed by atoms with Crippen molar-refractivity contribution in [3.8, 4) is 11.6 Å². The summed E-state index contributed by atoms with van der Waals surface area (Å²) in [6.45, 7) is 1.93. The van der Waals surface area contributed by atoms with E-state index in [2.05, 4.69) is 16.4 Å². The summed E-state index contributed by atoms with van der Waals surface area (Å²) in [7, 11) is 1.41. The van der Waals surface area contributed by atoms with Gasteiger partial charge in [-0.3, -0.25) is 14.5 Å². The van der Waals surface area contributed by atoms with Crippen LogP contribution in [0, 0.1) is 0 Å². The number of carbonyl (C=O) groups excluding carboxylic acids is 2. The summed E-state index contributed by atoms with van der Waals surface area (Å²) in [5.74, 6) is 1.54. The van der Waals surface area contributed by atoms with E-state index in [4.69, 9.17) is 19.4 Å². The van der Waals surface area contributed by atoms with E-state index in [0.717, 1.165) is 36.9 Å². The van der Waals surface area contributed by atoms with Gasteiger partial charge in [0.05, 0.1) is 13.7 Å². The van der Waals surface area contributed by atoms with Crippen molar-refractivity contribution in [1.29, 1.82) is 0 Å². The first kappa shape index (κ1) is 26.4. The van der Waals surface area contributed by atoms with Gasteiger partial charge in [0.25, 0.3) is 11.5 Å². The Morgan fingerprint density at radius 1 is 1.11 bits per heavy atom. The number of aromatic nitrogens is 5. The van der Waals surface area contributed by atoms with Crippen LogP contribution in [0.2, 0.25) is 0 Å². The monoisotopic (exact) mass is 594 g/mol. The largest absolute Gasteiger partial charge is 0.480 e. The number of benzene rings is 1. The number of hydrogen-bond donors (Lipinski definition) is 1. The molecular weight excluding hydrogens is 564 g/mol. The lowest BCUT2D eigenvalue weighted by molar-refractivity contribution is -0.121. The topological polar surface area (TPSA) is 137 Å². The van der Waals surface area contributed by atoms with E-state index < -0.39 is 0 Å². The van der Waals surface area contributed by atoms with E-state index in [1.807, 2.05) is 24.3 Å². The number of carbonyl (C=O) groups is 2. The van der Waals surface area contributed by atoms with Gasteiger partial charge in [-0.05, 0) is 61.1 Å². The zero-order valence-electron chi connectivity index (χ0n) is 24.2. The van der Waals surface area contributed by atoms with Crippen LogP contribution in [-0.2, 0) is 28.0 Å². The third kappa shape index (κ3) is 4.21. The van der Waals surface area contributed by atoms with Gasteiger partial charge in [-0.2, -0.15) is 4.98 Å². The number of nitrogens with zero attached hydrogens (tertiary/aromatic N) is 7. The molecule has 4 aromatic rings. The number of allylic oxidation sites excluding steroid dienone is 2. The number of hydrogen-bond acceptors (Lipinski definition) is 9. The van der Waals surface area contributed by atoms with Crippen molar-refractivity contribution >= 4 is 40.5 Å². The number of ether oxygens (including phenoxy) is 2. The molecule has 0 radical (unpaired) electrons. The Morgan fingerprint density at radius 2 is 2.00 bits per heavy atom. The van der Waals surface area contributed by atoms with Crippen molar-refractivity contribution < 1.29 is 19.1 Å². The predicted molar refractivity (Wildman–Crippen MR) is 161 cm³/mol. The number of anilines is 3. The van der Waals surface area contributed by atoms with Gasteiger partial charge >= 0.3 is 6.09 Å². The number of nitrogens with one attached hydrogen (secondary N) is 1. The first-order chi connectivity index (χ1) is 21.4. The molecular formula is C31H30N8O5. The third-order valence-corrected chi connectivity index (χ3v) is 8.90. The fourth-order valence-corrected chi connectivity index (χ4v) is 6.56. The molecule has 44 heavy (non-hydrogen) atoms. The molecule has 1 saturated carbocycles.